The van der Waals surface area contributed by atoms with E-state index in [1.54, 1.807) is 11.2 Å². The fourth-order valence-corrected chi connectivity index (χ4v) is 5.43. The van der Waals surface area contributed by atoms with Crippen molar-refractivity contribution >= 4 is 39.1 Å². The molecule has 33 heavy (non-hydrogen) atoms. The Morgan fingerprint density at radius 3 is 2.42 bits per heavy atom. The summed E-state index contributed by atoms with van der Waals surface area (Å²) in [5, 5.41) is 0.991. The molecule has 1 aliphatic rings. The Morgan fingerprint density at radius 1 is 0.970 bits per heavy atom. The van der Waals surface area contributed by atoms with Gasteiger partial charge in [-0.1, -0.05) is 36.4 Å². The number of rotatable bonds is 5. The molecule has 0 N–H and O–H groups in total. The molecular formula is C25H26N6OS. The normalized spacial score (nSPS) is 14.0. The predicted molar refractivity (Wildman–Crippen MR) is 133 cm³/mol. The van der Waals surface area contributed by atoms with E-state index in [9.17, 15) is 4.79 Å². The van der Waals surface area contributed by atoms with Crippen LogP contribution in [-0.2, 0) is 6.54 Å². The average molecular weight is 459 g/mol. The van der Waals surface area contributed by atoms with Gasteiger partial charge in [-0.15, -0.1) is 11.3 Å². The topological polar surface area (TPSA) is 65.5 Å². The minimum atomic E-state index is 0.0188. The molecule has 0 aliphatic carbocycles. The maximum absolute atomic E-state index is 13.3. The molecule has 1 amide bonds. The number of carbonyl (C=O) groups excluding carboxylic acids is 1. The van der Waals surface area contributed by atoms with Gasteiger partial charge in [-0.2, -0.15) is 0 Å². The first kappa shape index (κ1) is 21.3. The van der Waals surface area contributed by atoms with Gasteiger partial charge in [0.2, 0.25) is 0 Å². The second kappa shape index (κ2) is 9.15. The molecule has 0 atom stereocenters. The fraction of sp³-hybridized carbons (Fsp3) is 0.280. The van der Waals surface area contributed by atoms with Crippen molar-refractivity contribution in [3.63, 3.8) is 0 Å². The molecule has 3 aromatic heterocycles. The summed E-state index contributed by atoms with van der Waals surface area (Å²) in [6, 6.07) is 16.0. The van der Waals surface area contributed by atoms with Crippen LogP contribution in [0.5, 0.6) is 0 Å². The molecule has 0 saturated carbocycles. The van der Waals surface area contributed by atoms with Crippen molar-refractivity contribution in [3.8, 4) is 0 Å². The van der Waals surface area contributed by atoms with Gasteiger partial charge < -0.3 is 14.7 Å². The zero-order valence-electron chi connectivity index (χ0n) is 18.8. The van der Waals surface area contributed by atoms with Crippen LogP contribution in [0.3, 0.4) is 0 Å². The molecule has 1 fully saturated rings. The van der Waals surface area contributed by atoms with E-state index in [0.717, 1.165) is 64.0 Å². The van der Waals surface area contributed by atoms with Crippen molar-refractivity contribution < 1.29 is 4.79 Å². The zero-order chi connectivity index (χ0) is 22.8. The van der Waals surface area contributed by atoms with Crippen molar-refractivity contribution in [1.29, 1.82) is 0 Å². The van der Waals surface area contributed by atoms with E-state index >= 15 is 0 Å². The molecule has 168 valence electrons. The lowest BCUT2D eigenvalue weighted by Crippen LogP contribution is -2.47. The first-order valence-electron chi connectivity index (χ1n) is 11.1. The molecule has 0 unspecified atom stereocenters. The SMILES string of the molecule is Cc1c(C(=O)N(C)Cc2ccccc2)sc2ncnc(N3CCN(c4ccccn4)CC3)c12. The van der Waals surface area contributed by atoms with Crippen molar-refractivity contribution in [2.45, 2.75) is 13.5 Å². The first-order valence-corrected chi connectivity index (χ1v) is 11.9. The first-order chi connectivity index (χ1) is 16.1. The van der Waals surface area contributed by atoms with Crippen molar-refractivity contribution in [2.24, 2.45) is 0 Å². The Morgan fingerprint density at radius 2 is 1.70 bits per heavy atom. The third-order valence-corrected chi connectivity index (χ3v) is 7.25. The second-order valence-corrected chi connectivity index (χ2v) is 9.24. The lowest BCUT2D eigenvalue weighted by atomic mass is 10.1. The summed E-state index contributed by atoms with van der Waals surface area (Å²) in [5.41, 5.74) is 2.07. The summed E-state index contributed by atoms with van der Waals surface area (Å²) in [6.45, 7) is 6.01. The molecule has 4 aromatic rings. The summed E-state index contributed by atoms with van der Waals surface area (Å²) in [5.74, 6) is 1.94. The molecule has 7 nitrogen and oxygen atoms in total. The Bertz CT molecular complexity index is 1250. The summed E-state index contributed by atoms with van der Waals surface area (Å²) in [6.07, 6.45) is 3.44. The van der Waals surface area contributed by atoms with E-state index < -0.39 is 0 Å². The standard InChI is InChI=1S/C25H26N6OS/c1-18-21-23(31-14-12-30(13-15-31)20-10-6-7-11-26-20)27-17-28-24(21)33-22(18)25(32)29(2)16-19-8-4-3-5-9-19/h3-11,17H,12-16H2,1-2H3. The maximum atomic E-state index is 13.3. The smallest absolute Gasteiger partial charge is 0.264 e. The van der Waals surface area contributed by atoms with Gasteiger partial charge in [0.1, 0.15) is 22.8 Å². The van der Waals surface area contributed by atoms with E-state index in [1.807, 2.05) is 68.7 Å². The largest absolute Gasteiger partial charge is 0.353 e. The van der Waals surface area contributed by atoms with E-state index in [0.29, 0.717) is 6.54 Å². The van der Waals surface area contributed by atoms with Crippen LogP contribution in [0.2, 0.25) is 0 Å². The molecule has 0 bridgehead atoms. The van der Waals surface area contributed by atoms with Crippen molar-refractivity contribution in [3.05, 3.63) is 77.1 Å². The number of pyridine rings is 1. The summed E-state index contributed by atoms with van der Waals surface area (Å²) in [4.78, 5) is 34.9. The van der Waals surface area contributed by atoms with Crippen LogP contribution >= 0.6 is 11.3 Å². The number of fused-ring (bicyclic) bond motifs is 1. The van der Waals surface area contributed by atoms with E-state index in [1.165, 1.54) is 11.3 Å². The van der Waals surface area contributed by atoms with Gasteiger partial charge in [-0.05, 0) is 30.2 Å². The van der Waals surface area contributed by atoms with E-state index in [2.05, 4.69) is 24.8 Å². The second-order valence-electron chi connectivity index (χ2n) is 8.24. The molecule has 0 radical (unpaired) electrons. The number of benzene rings is 1. The van der Waals surface area contributed by atoms with Gasteiger partial charge >= 0.3 is 0 Å². The predicted octanol–water partition coefficient (Wildman–Crippen LogP) is 3.99. The summed E-state index contributed by atoms with van der Waals surface area (Å²) >= 11 is 1.46. The number of piperazine rings is 1. The number of hydrogen-bond donors (Lipinski definition) is 0. The highest BCUT2D eigenvalue weighted by molar-refractivity contribution is 7.20. The number of hydrogen-bond acceptors (Lipinski definition) is 7. The zero-order valence-corrected chi connectivity index (χ0v) is 19.6. The van der Waals surface area contributed by atoms with Gasteiger partial charge in [0.05, 0.1) is 10.3 Å². The monoisotopic (exact) mass is 458 g/mol. The highest BCUT2D eigenvalue weighted by Gasteiger charge is 2.26. The number of nitrogens with zero attached hydrogens (tertiary/aromatic N) is 6. The molecule has 1 aliphatic heterocycles. The molecular weight excluding hydrogens is 432 g/mol. The van der Waals surface area contributed by atoms with Crippen LogP contribution in [0.4, 0.5) is 11.6 Å². The molecule has 1 aromatic carbocycles. The maximum Gasteiger partial charge on any atom is 0.264 e. The summed E-state index contributed by atoms with van der Waals surface area (Å²) in [7, 11) is 1.85. The average Bonchev–Trinajstić information content (AvgIpc) is 3.21. The highest BCUT2D eigenvalue weighted by Crippen LogP contribution is 2.36. The van der Waals surface area contributed by atoms with Crippen LogP contribution in [0.25, 0.3) is 10.2 Å². The number of amides is 1. The van der Waals surface area contributed by atoms with E-state index in [4.69, 9.17) is 0 Å². The van der Waals surface area contributed by atoms with Crippen LogP contribution < -0.4 is 9.80 Å². The van der Waals surface area contributed by atoms with Gasteiger partial charge in [0.25, 0.3) is 5.91 Å². The molecule has 4 heterocycles. The Labute approximate surface area is 197 Å². The third kappa shape index (κ3) is 4.26. The molecule has 5 rings (SSSR count). The van der Waals surface area contributed by atoms with Gasteiger partial charge in [0.15, 0.2) is 0 Å². The van der Waals surface area contributed by atoms with Gasteiger partial charge in [-0.3, -0.25) is 4.79 Å². The summed E-state index contributed by atoms with van der Waals surface area (Å²) < 4.78 is 0. The van der Waals surface area contributed by atoms with Crippen LogP contribution in [0, 0.1) is 6.92 Å². The van der Waals surface area contributed by atoms with Gasteiger partial charge in [-0.25, -0.2) is 15.0 Å². The minimum Gasteiger partial charge on any atom is -0.353 e. The Hall–Kier alpha value is -3.52. The van der Waals surface area contributed by atoms with E-state index in [-0.39, 0.29) is 5.91 Å². The van der Waals surface area contributed by atoms with Gasteiger partial charge in [0, 0.05) is 46.0 Å². The number of aromatic nitrogens is 3. The lowest BCUT2D eigenvalue weighted by Gasteiger charge is -2.36. The fourth-order valence-electron chi connectivity index (χ4n) is 4.29. The Balaban J connectivity index is 1.38. The number of thiophene rings is 1. The minimum absolute atomic E-state index is 0.0188. The van der Waals surface area contributed by atoms with Crippen LogP contribution in [-0.4, -0.2) is 59.0 Å². The molecule has 8 heteroatoms. The van der Waals surface area contributed by atoms with Crippen LogP contribution in [0.1, 0.15) is 20.8 Å². The number of aryl methyl sites for hydroxylation is 1. The number of carbonyl (C=O) groups is 1. The van der Waals surface area contributed by atoms with Crippen LogP contribution in [0.15, 0.2) is 61.1 Å². The van der Waals surface area contributed by atoms with Crippen molar-refractivity contribution in [1.82, 2.24) is 19.9 Å². The number of anilines is 2. The molecule has 1 saturated heterocycles. The highest BCUT2D eigenvalue weighted by atomic mass is 32.1. The molecule has 0 spiro atoms. The van der Waals surface area contributed by atoms with Crippen molar-refractivity contribution in [2.75, 3.05) is 43.0 Å². The quantitative estimate of drug-likeness (QED) is 0.451. The Kier molecular flexibility index (Phi) is 5.92. The third-order valence-electron chi connectivity index (χ3n) is 6.06. The lowest BCUT2D eigenvalue weighted by molar-refractivity contribution is 0.0789.